The molecule has 3 aliphatic heterocycles. The van der Waals surface area contributed by atoms with Gasteiger partial charge in [-0.15, -0.1) is 0 Å². The molecule has 254 valence electrons. The first-order valence-electron chi connectivity index (χ1n) is 16.7. The van der Waals surface area contributed by atoms with E-state index in [4.69, 9.17) is 16.3 Å². The Hall–Kier alpha value is -3.57. The minimum absolute atomic E-state index is 0.0914. The lowest BCUT2D eigenvalue weighted by molar-refractivity contribution is -0.150. The summed E-state index contributed by atoms with van der Waals surface area (Å²) in [6, 6.07) is 22.4. The lowest BCUT2D eigenvalue weighted by atomic mass is 9.82. The third-order valence-electron chi connectivity index (χ3n) is 10.1. The number of fused-ring (bicyclic) bond motifs is 2. The minimum Gasteiger partial charge on any atom is -0.395 e. The normalized spacial score (nSPS) is 24.0. The number of aliphatic hydroxyl groups excluding tert-OH is 1. The molecule has 3 aromatic rings. The molecule has 4 atom stereocenters. The van der Waals surface area contributed by atoms with Gasteiger partial charge in [-0.05, 0) is 67.4 Å². The largest absolute Gasteiger partial charge is 0.395 e. The fourth-order valence-corrected chi connectivity index (χ4v) is 10.6. The number of hydrogen-bond donors (Lipinski definition) is 1. The minimum atomic E-state index is -3.52. The van der Waals surface area contributed by atoms with E-state index in [0.29, 0.717) is 35.8 Å². The molecule has 3 aliphatic rings. The Labute approximate surface area is 287 Å². The second-order valence-electron chi connectivity index (χ2n) is 13.7. The maximum Gasteiger partial charge on any atom is 0.264 e. The predicted octanol–water partition coefficient (Wildman–Crippen LogP) is 6.59. The highest BCUT2D eigenvalue weighted by Crippen LogP contribution is 2.60. The summed E-state index contributed by atoms with van der Waals surface area (Å²) in [6.45, 7) is 6.13. The zero-order valence-corrected chi connectivity index (χ0v) is 29.5. The van der Waals surface area contributed by atoms with Crippen LogP contribution in [0.15, 0.2) is 72.8 Å². The smallest absolute Gasteiger partial charge is 0.264 e. The molecule has 6 rings (SSSR count). The number of halogens is 2. The van der Waals surface area contributed by atoms with E-state index < -0.39 is 31.6 Å². The molecule has 0 radical (unpaired) electrons. The number of ether oxygens (including phenoxy) is 1. The van der Waals surface area contributed by atoms with Crippen molar-refractivity contribution in [2.75, 3.05) is 29.5 Å². The molecule has 0 bridgehead atoms. The van der Waals surface area contributed by atoms with Gasteiger partial charge in [0.1, 0.15) is 0 Å². The quantitative estimate of drug-likeness (QED) is 0.191. The number of carbonyl (C=O) groups is 3. The summed E-state index contributed by atoms with van der Waals surface area (Å²) in [5, 5.41) is 10.2. The van der Waals surface area contributed by atoms with Crippen LogP contribution < -0.4 is 9.80 Å². The van der Waals surface area contributed by atoms with Gasteiger partial charge >= 0.3 is 0 Å². The van der Waals surface area contributed by atoms with Crippen molar-refractivity contribution in [3.63, 3.8) is 0 Å². The molecule has 3 aromatic carbocycles. The number of anilines is 2. The Morgan fingerprint density at radius 3 is 2.52 bits per heavy atom. The number of aliphatic hydroxyl groups is 1. The molecule has 0 saturated carbocycles. The number of hydrogen-bond acceptors (Lipinski definition) is 5. The second kappa shape index (κ2) is 13.7. The molecule has 3 amide bonds. The Morgan fingerprint density at radius 1 is 1.06 bits per heavy atom. The average molecular weight is 692 g/mol. The first kappa shape index (κ1) is 34.3. The third-order valence-corrected chi connectivity index (χ3v) is 12.8. The zero-order valence-electron chi connectivity index (χ0n) is 27.7. The van der Waals surface area contributed by atoms with Crippen LogP contribution in [-0.2, 0) is 37.8 Å². The van der Waals surface area contributed by atoms with Gasteiger partial charge in [-0.3, -0.25) is 14.4 Å². The number of rotatable bonds is 10. The zero-order chi connectivity index (χ0) is 34.2. The Kier molecular flexibility index (Phi) is 9.82. The van der Waals surface area contributed by atoms with Crippen molar-refractivity contribution in [2.45, 2.75) is 76.0 Å². The molecule has 11 heteroatoms. The van der Waals surface area contributed by atoms with E-state index in [1.807, 2.05) is 61.5 Å². The van der Waals surface area contributed by atoms with Gasteiger partial charge in [0, 0.05) is 53.8 Å². The van der Waals surface area contributed by atoms with Crippen molar-refractivity contribution in [1.29, 1.82) is 0 Å². The first-order valence-corrected chi connectivity index (χ1v) is 20.1. The van der Waals surface area contributed by atoms with Crippen LogP contribution in [0.5, 0.6) is 0 Å². The van der Waals surface area contributed by atoms with Crippen LogP contribution in [0.25, 0.3) is 0 Å². The molecule has 2 fully saturated rings. The molecule has 0 aliphatic carbocycles. The maximum absolute atomic E-state index is 16.4. The van der Waals surface area contributed by atoms with Crippen molar-refractivity contribution >= 4 is 49.1 Å². The molecule has 0 aromatic heterocycles. The van der Waals surface area contributed by atoms with E-state index in [1.165, 1.54) is 0 Å². The van der Waals surface area contributed by atoms with Crippen molar-refractivity contribution < 1.29 is 28.3 Å². The number of amides is 3. The summed E-state index contributed by atoms with van der Waals surface area (Å²) in [5.74, 6) is -1.09. The Morgan fingerprint density at radius 2 is 1.81 bits per heavy atom. The standard InChI is InChI=1S/C37H43ClFN3O5Si/c1-25-35(48(2,3)39)32(22-34(45)40(18-19-43)23-26-10-5-4-6-11-26)47-37(25)30-21-28(38)15-16-31(30)42(36(37)46)24-27-12-9-13-29(20-27)41-17-8-7-14-33(41)44/h4-6,9-13,15-16,20-21,25,32,35,43H,7-8,14,17-19,22-24H2,1-3H3/t25-,32+,35-,37+/m0/s1. The first-order chi connectivity index (χ1) is 22.9. The second-order valence-corrected chi connectivity index (χ2v) is 18.0. The van der Waals surface area contributed by atoms with Gasteiger partial charge in [0.05, 0.1) is 31.4 Å². The monoisotopic (exact) mass is 691 g/mol. The highest BCUT2D eigenvalue weighted by molar-refractivity contribution is 6.72. The fourth-order valence-electron chi connectivity index (χ4n) is 7.98. The summed E-state index contributed by atoms with van der Waals surface area (Å²) >= 11 is 6.54. The van der Waals surface area contributed by atoms with Gasteiger partial charge in [-0.25, -0.2) is 0 Å². The van der Waals surface area contributed by atoms with Gasteiger partial charge in [-0.2, -0.15) is 0 Å². The molecule has 2 saturated heterocycles. The Bertz CT molecular complexity index is 1690. The third kappa shape index (κ3) is 6.43. The van der Waals surface area contributed by atoms with Crippen LogP contribution in [0.2, 0.25) is 23.7 Å². The van der Waals surface area contributed by atoms with Gasteiger partial charge in [0.2, 0.25) is 20.2 Å². The van der Waals surface area contributed by atoms with Crippen molar-refractivity contribution in [3.05, 3.63) is 94.5 Å². The van der Waals surface area contributed by atoms with E-state index in [1.54, 1.807) is 46.0 Å². The van der Waals surface area contributed by atoms with Gasteiger partial charge in [0.15, 0.2) is 5.60 Å². The predicted molar refractivity (Wildman–Crippen MR) is 187 cm³/mol. The summed E-state index contributed by atoms with van der Waals surface area (Å²) in [4.78, 5) is 46.3. The van der Waals surface area contributed by atoms with Crippen molar-refractivity contribution in [3.8, 4) is 0 Å². The van der Waals surface area contributed by atoms with Gasteiger partial charge in [0.25, 0.3) is 5.91 Å². The fraction of sp³-hybridized carbons (Fsp3) is 0.432. The maximum atomic E-state index is 16.4. The summed E-state index contributed by atoms with van der Waals surface area (Å²) in [7, 11) is -3.52. The molecular weight excluding hydrogens is 649 g/mol. The molecule has 3 heterocycles. The van der Waals surface area contributed by atoms with Crippen molar-refractivity contribution in [1.82, 2.24) is 4.90 Å². The highest BCUT2D eigenvalue weighted by Gasteiger charge is 2.67. The SMILES string of the molecule is C[C@H]1[C@H]([Si](C)(C)F)[C@@H](CC(=O)N(CCO)Cc2ccccc2)O[C@]12C(=O)N(Cc1cccc(N3CCCCC3=O)c1)c1ccc(Cl)cc12. The number of piperidine rings is 1. The van der Waals surface area contributed by atoms with Crippen LogP contribution in [0.1, 0.15) is 49.3 Å². The molecule has 0 unspecified atom stereocenters. The Balaban J connectivity index is 1.33. The summed E-state index contributed by atoms with van der Waals surface area (Å²) in [6.07, 6.45) is 1.36. The topological polar surface area (TPSA) is 90.4 Å². The van der Waals surface area contributed by atoms with E-state index in [0.717, 1.165) is 29.7 Å². The number of carbonyl (C=O) groups excluding carboxylic acids is 3. The van der Waals surface area contributed by atoms with E-state index >= 15 is 4.11 Å². The van der Waals surface area contributed by atoms with E-state index in [-0.39, 0.29) is 43.8 Å². The van der Waals surface area contributed by atoms with Crippen molar-refractivity contribution in [2.24, 2.45) is 5.92 Å². The molecular formula is C37H43ClFN3O5Si. The van der Waals surface area contributed by atoms with Gasteiger partial charge < -0.3 is 28.7 Å². The summed E-state index contributed by atoms with van der Waals surface area (Å²) < 4.78 is 23.2. The van der Waals surface area contributed by atoms with E-state index in [9.17, 15) is 19.5 Å². The molecule has 1 N–H and O–H groups in total. The summed E-state index contributed by atoms with van der Waals surface area (Å²) in [5.41, 5.74) is 1.55. The lowest BCUT2D eigenvalue weighted by Gasteiger charge is -2.31. The average Bonchev–Trinajstić information content (AvgIpc) is 3.47. The van der Waals surface area contributed by atoms with Crippen LogP contribution in [-0.4, -0.2) is 61.9 Å². The highest BCUT2D eigenvalue weighted by atomic mass is 35.5. The lowest BCUT2D eigenvalue weighted by Crippen LogP contribution is -2.45. The number of benzene rings is 3. The van der Waals surface area contributed by atoms with E-state index in [2.05, 4.69) is 0 Å². The van der Waals surface area contributed by atoms with Gasteiger partial charge in [-0.1, -0.05) is 61.0 Å². The molecule has 48 heavy (non-hydrogen) atoms. The molecule has 8 nitrogen and oxygen atoms in total. The molecule has 1 spiro atoms. The number of nitrogens with zero attached hydrogens (tertiary/aromatic N) is 3. The van der Waals surface area contributed by atoms with Crippen LogP contribution in [0, 0.1) is 5.92 Å². The van der Waals surface area contributed by atoms with Crippen LogP contribution in [0.3, 0.4) is 0 Å². The van der Waals surface area contributed by atoms with Crippen LogP contribution in [0.4, 0.5) is 15.5 Å². The van der Waals surface area contributed by atoms with Crippen LogP contribution >= 0.6 is 11.6 Å².